The summed E-state index contributed by atoms with van der Waals surface area (Å²) in [6.45, 7) is 5.43. The zero-order valence-corrected chi connectivity index (χ0v) is 13.4. The van der Waals surface area contributed by atoms with Crippen molar-refractivity contribution in [2.24, 2.45) is 0 Å². The first-order valence-corrected chi connectivity index (χ1v) is 8.30. The molecule has 112 valence electrons. The maximum absolute atomic E-state index is 9.30. The predicted octanol–water partition coefficient (Wildman–Crippen LogP) is 2.77. The molecule has 0 aromatic heterocycles. The van der Waals surface area contributed by atoms with Gasteiger partial charge in [-0.1, -0.05) is 19.9 Å². The minimum absolute atomic E-state index is 0.241. The molecule has 0 heterocycles. The summed E-state index contributed by atoms with van der Waals surface area (Å²) in [5, 5.41) is 13.7. The lowest BCUT2D eigenvalue weighted by Gasteiger charge is -2.35. The predicted molar refractivity (Wildman–Crippen MR) is 85.7 cm³/mol. The number of methoxy groups -OCH3 is 1. The van der Waals surface area contributed by atoms with Crippen molar-refractivity contribution in [1.29, 1.82) is 0 Å². The van der Waals surface area contributed by atoms with Crippen molar-refractivity contribution >= 4 is 11.8 Å². The molecular formula is C16H25NO2S. The summed E-state index contributed by atoms with van der Waals surface area (Å²) in [5.74, 6) is 0.924. The van der Waals surface area contributed by atoms with Crippen LogP contribution in [0.15, 0.2) is 18.2 Å². The van der Waals surface area contributed by atoms with Crippen LogP contribution in [0.25, 0.3) is 0 Å². The Kier molecular flexibility index (Phi) is 5.75. The van der Waals surface area contributed by atoms with Crippen LogP contribution in [0.2, 0.25) is 0 Å². The molecule has 1 aliphatic carbocycles. The lowest BCUT2D eigenvalue weighted by atomic mass is 9.87. The highest BCUT2D eigenvalue weighted by Gasteiger charge is 2.30. The molecule has 4 heteroatoms. The third kappa shape index (κ3) is 3.48. The van der Waals surface area contributed by atoms with E-state index in [0.29, 0.717) is 11.3 Å². The fourth-order valence-corrected chi connectivity index (χ4v) is 4.17. The Hall–Kier alpha value is -0.710. The number of nitrogens with one attached hydrogen (secondary N) is 1. The molecule has 1 aromatic rings. The minimum atomic E-state index is 0.241. The Bertz CT molecular complexity index is 438. The number of hydrogen-bond acceptors (Lipinski definition) is 4. The van der Waals surface area contributed by atoms with E-state index >= 15 is 0 Å². The molecule has 0 saturated carbocycles. The second-order valence-corrected chi connectivity index (χ2v) is 6.99. The number of aliphatic hydroxyl groups excluding tert-OH is 1. The van der Waals surface area contributed by atoms with Crippen molar-refractivity contribution in [1.82, 2.24) is 5.32 Å². The fraction of sp³-hybridized carbons (Fsp3) is 0.625. The van der Waals surface area contributed by atoms with Gasteiger partial charge in [-0.2, -0.15) is 11.8 Å². The van der Waals surface area contributed by atoms with Crippen molar-refractivity contribution in [2.75, 3.05) is 20.3 Å². The molecule has 0 saturated heterocycles. The van der Waals surface area contributed by atoms with E-state index < -0.39 is 0 Å². The Morgan fingerprint density at radius 1 is 1.50 bits per heavy atom. The molecule has 0 spiro atoms. The Balaban J connectivity index is 2.25. The van der Waals surface area contributed by atoms with Gasteiger partial charge in [0.15, 0.2) is 0 Å². The fourth-order valence-electron chi connectivity index (χ4n) is 2.83. The van der Waals surface area contributed by atoms with Crippen molar-refractivity contribution in [3.05, 3.63) is 29.3 Å². The molecule has 1 aliphatic rings. The first kappa shape index (κ1) is 15.7. The van der Waals surface area contributed by atoms with Crippen LogP contribution >= 0.6 is 11.8 Å². The molecular weight excluding hydrogens is 270 g/mol. The van der Waals surface area contributed by atoms with Crippen molar-refractivity contribution in [3.63, 3.8) is 0 Å². The number of ether oxygens (including phenoxy) is 1. The average molecular weight is 295 g/mol. The van der Waals surface area contributed by atoms with Crippen LogP contribution in [0.1, 0.15) is 37.4 Å². The number of thioether (sulfide) groups is 1. The summed E-state index contributed by atoms with van der Waals surface area (Å²) in [7, 11) is 1.72. The van der Waals surface area contributed by atoms with E-state index in [0.717, 1.165) is 25.1 Å². The lowest BCUT2D eigenvalue weighted by Crippen LogP contribution is -2.35. The minimum Gasteiger partial charge on any atom is -0.497 e. The monoisotopic (exact) mass is 295 g/mol. The molecule has 20 heavy (non-hydrogen) atoms. The second kappa shape index (κ2) is 7.34. The normalized spacial score (nSPS) is 23.2. The van der Waals surface area contributed by atoms with Gasteiger partial charge in [-0.25, -0.2) is 0 Å². The van der Waals surface area contributed by atoms with Gasteiger partial charge in [0.25, 0.3) is 0 Å². The van der Waals surface area contributed by atoms with Crippen LogP contribution in [-0.2, 0) is 6.42 Å². The quantitative estimate of drug-likeness (QED) is 0.847. The zero-order valence-electron chi connectivity index (χ0n) is 12.6. The Labute approximate surface area is 126 Å². The van der Waals surface area contributed by atoms with Gasteiger partial charge in [0.1, 0.15) is 5.75 Å². The van der Waals surface area contributed by atoms with E-state index in [2.05, 4.69) is 31.3 Å². The van der Waals surface area contributed by atoms with Crippen molar-refractivity contribution in [3.8, 4) is 5.75 Å². The third-order valence-corrected chi connectivity index (χ3v) is 5.32. The van der Waals surface area contributed by atoms with Crippen molar-refractivity contribution in [2.45, 2.75) is 43.2 Å². The van der Waals surface area contributed by atoms with Crippen LogP contribution in [-0.4, -0.2) is 35.9 Å². The summed E-state index contributed by atoms with van der Waals surface area (Å²) in [4.78, 5) is 0. The summed E-state index contributed by atoms with van der Waals surface area (Å²) in [6.07, 6.45) is 2.27. The van der Waals surface area contributed by atoms with Gasteiger partial charge in [0.05, 0.1) is 13.7 Å². The maximum atomic E-state index is 9.30. The molecule has 3 unspecified atom stereocenters. The van der Waals surface area contributed by atoms with Crippen LogP contribution in [0.3, 0.4) is 0 Å². The molecule has 1 aromatic carbocycles. The molecule has 0 aliphatic heterocycles. The molecule has 2 N–H and O–H groups in total. The highest BCUT2D eigenvalue weighted by atomic mass is 32.2. The van der Waals surface area contributed by atoms with Crippen LogP contribution in [0.5, 0.6) is 5.75 Å². The molecule has 0 bridgehead atoms. The molecule has 0 fully saturated rings. The second-order valence-electron chi connectivity index (χ2n) is 5.31. The maximum Gasteiger partial charge on any atom is 0.119 e. The van der Waals surface area contributed by atoms with Gasteiger partial charge in [-0.15, -0.1) is 0 Å². The summed E-state index contributed by atoms with van der Waals surface area (Å²) in [5.41, 5.74) is 2.78. The summed E-state index contributed by atoms with van der Waals surface area (Å²) >= 11 is 1.89. The summed E-state index contributed by atoms with van der Waals surface area (Å²) in [6, 6.07) is 6.75. The lowest BCUT2D eigenvalue weighted by molar-refractivity contribution is 0.299. The standard InChI is InChI=1S/C16H25NO2S/c1-4-17-16-14-9-13(19-3)7-5-12(14)6-8-15(16)20-11(2)10-18/h5,7,9,11,15-18H,4,6,8,10H2,1-3H3. The first-order chi connectivity index (χ1) is 9.69. The number of aliphatic hydroxyl groups is 1. The largest absolute Gasteiger partial charge is 0.497 e. The molecule has 3 nitrogen and oxygen atoms in total. The SMILES string of the molecule is CCNC1c2cc(OC)ccc2CCC1SC(C)CO. The van der Waals surface area contributed by atoms with E-state index in [9.17, 15) is 5.11 Å². The average Bonchev–Trinajstić information content (AvgIpc) is 2.49. The third-order valence-electron chi connectivity index (χ3n) is 3.85. The number of benzene rings is 1. The van der Waals surface area contributed by atoms with Gasteiger partial charge in [0, 0.05) is 16.5 Å². The van der Waals surface area contributed by atoms with Gasteiger partial charge >= 0.3 is 0 Å². The molecule has 3 atom stereocenters. The number of rotatable bonds is 6. The van der Waals surface area contributed by atoms with Gasteiger partial charge in [0.2, 0.25) is 0 Å². The Morgan fingerprint density at radius 2 is 2.30 bits per heavy atom. The van der Waals surface area contributed by atoms with E-state index in [1.165, 1.54) is 11.1 Å². The molecule has 0 radical (unpaired) electrons. The number of aryl methyl sites for hydroxylation is 1. The van der Waals surface area contributed by atoms with Crippen LogP contribution in [0, 0.1) is 0 Å². The highest BCUT2D eigenvalue weighted by molar-refractivity contribution is 8.00. The van der Waals surface area contributed by atoms with Gasteiger partial charge in [-0.3, -0.25) is 0 Å². The number of fused-ring (bicyclic) bond motifs is 1. The van der Waals surface area contributed by atoms with Gasteiger partial charge < -0.3 is 15.2 Å². The Morgan fingerprint density at radius 3 is 2.95 bits per heavy atom. The molecule has 2 rings (SSSR count). The molecule has 0 amide bonds. The van der Waals surface area contributed by atoms with E-state index in [1.807, 2.05) is 17.8 Å². The summed E-state index contributed by atoms with van der Waals surface area (Å²) < 4.78 is 5.37. The van der Waals surface area contributed by atoms with Crippen LogP contribution in [0.4, 0.5) is 0 Å². The van der Waals surface area contributed by atoms with Crippen LogP contribution < -0.4 is 10.1 Å². The smallest absolute Gasteiger partial charge is 0.119 e. The zero-order chi connectivity index (χ0) is 14.5. The topological polar surface area (TPSA) is 41.5 Å². The first-order valence-electron chi connectivity index (χ1n) is 7.36. The van der Waals surface area contributed by atoms with E-state index in [-0.39, 0.29) is 11.9 Å². The highest BCUT2D eigenvalue weighted by Crippen LogP contribution is 2.39. The van der Waals surface area contributed by atoms with Gasteiger partial charge in [-0.05, 0) is 42.6 Å². The van der Waals surface area contributed by atoms with E-state index in [4.69, 9.17) is 4.74 Å². The number of hydrogen-bond donors (Lipinski definition) is 2. The van der Waals surface area contributed by atoms with Crippen molar-refractivity contribution < 1.29 is 9.84 Å². The van der Waals surface area contributed by atoms with E-state index in [1.54, 1.807) is 7.11 Å².